The summed E-state index contributed by atoms with van der Waals surface area (Å²) in [6.45, 7) is 1.79. The van der Waals surface area contributed by atoms with E-state index in [-0.39, 0.29) is 13.2 Å². The molecule has 4 heteroatoms. The number of aliphatic hydroxyl groups is 2. The molecule has 64 valence electrons. The van der Waals surface area contributed by atoms with Crippen LogP contribution in [0.25, 0.3) is 0 Å². The number of hydrogen-bond acceptors (Lipinski definition) is 4. The summed E-state index contributed by atoms with van der Waals surface area (Å²) in [5.41, 5.74) is -0.542. The molecule has 0 saturated carbocycles. The van der Waals surface area contributed by atoms with Crippen LogP contribution in [0.5, 0.6) is 0 Å². The molecule has 0 radical (unpaired) electrons. The number of aliphatic hydroxyl groups excluding tert-OH is 2. The fourth-order valence-corrected chi connectivity index (χ4v) is 1.76. The lowest BCUT2D eigenvalue weighted by atomic mass is 10.1. The topological polar surface area (TPSA) is 52.7 Å². The molecule has 2 fully saturated rings. The molecule has 0 aromatic heterocycles. The fourth-order valence-electron chi connectivity index (χ4n) is 1.76. The van der Waals surface area contributed by atoms with Crippen LogP contribution in [-0.4, -0.2) is 53.2 Å². The molecule has 0 bridgehead atoms. The summed E-state index contributed by atoms with van der Waals surface area (Å²) in [6, 6.07) is 0.508. The molecule has 0 spiro atoms. The van der Waals surface area contributed by atoms with Crippen LogP contribution in [0, 0.1) is 0 Å². The summed E-state index contributed by atoms with van der Waals surface area (Å²) in [5, 5.41) is 17.8. The van der Waals surface area contributed by atoms with Gasteiger partial charge in [0.05, 0.1) is 13.2 Å². The van der Waals surface area contributed by atoms with Gasteiger partial charge in [0.25, 0.3) is 0 Å². The van der Waals surface area contributed by atoms with E-state index >= 15 is 0 Å². The molecular weight excluding hydrogens is 146 g/mol. The maximum atomic E-state index is 9.07. The number of fused-ring (bicyclic) bond motifs is 1. The smallest absolute Gasteiger partial charge is 0.147 e. The second kappa shape index (κ2) is 2.42. The van der Waals surface area contributed by atoms with Crippen molar-refractivity contribution in [1.82, 2.24) is 4.90 Å². The van der Waals surface area contributed by atoms with Crippen LogP contribution in [0.15, 0.2) is 0 Å². The second-order valence-electron chi connectivity index (χ2n) is 3.20. The van der Waals surface area contributed by atoms with Gasteiger partial charge >= 0.3 is 0 Å². The summed E-state index contributed by atoms with van der Waals surface area (Å²) in [7, 11) is 0. The minimum absolute atomic E-state index is 0.00986. The maximum absolute atomic E-state index is 9.07. The first kappa shape index (κ1) is 7.49. The molecule has 2 heterocycles. The molecule has 2 saturated heterocycles. The van der Waals surface area contributed by atoms with E-state index in [1.165, 1.54) is 0 Å². The van der Waals surface area contributed by atoms with Crippen LogP contribution in [-0.2, 0) is 4.74 Å². The Labute approximate surface area is 65.4 Å². The van der Waals surface area contributed by atoms with Crippen molar-refractivity contribution in [2.24, 2.45) is 0 Å². The summed E-state index contributed by atoms with van der Waals surface area (Å²) in [5.74, 6) is 0. The molecule has 0 amide bonds. The van der Waals surface area contributed by atoms with Crippen LogP contribution in [0.1, 0.15) is 6.42 Å². The highest BCUT2D eigenvalue weighted by atomic mass is 16.5. The quantitative estimate of drug-likeness (QED) is 0.506. The lowest BCUT2D eigenvalue weighted by Gasteiger charge is -2.28. The van der Waals surface area contributed by atoms with E-state index in [1.54, 1.807) is 0 Å². The predicted octanol–water partition coefficient (Wildman–Crippen LogP) is -1.23. The van der Waals surface area contributed by atoms with Crippen LogP contribution >= 0.6 is 0 Å². The van der Waals surface area contributed by atoms with Crippen molar-refractivity contribution in [3.05, 3.63) is 0 Å². The molecule has 3 unspecified atom stereocenters. The van der Waals surface area contributed by atoms with Gasteiger partial charge in [-0.2, -0.15) is 0 Å². The highest BCUT2D eigenvalue weighted by Gasteiger charge is 2.56. The van der Waals surface area contributed by atoms with Crippen molar-refractivity contribution < 1.29 is 14.9 Å². The Bertz CT molecular complexity index is 164. The zero-order valence-corrected chi connectivity index (χ0v) is 6.36. The zero-order chi connectivity index (χ0) is 7.90. The van der Waals surface area contributed by atoms with Crippen LogP contribution < -0.4 is 0 Å². The Hall–Kier alpha value is -0.160. The van der Waals surface area contributed by atoms with Gasteiger partial charge in [-0.3, -0.25) is 4.90 Å². The molecule has 0 aromatic carbocycles. The maximum Gasteiger partial charge on any atom is 0.147 e. The predicted molar refractivity (Wildman–Crippen MR) is 38.0 cm³/mol. The fraction of sp³-hybridized carbons (Fsp3) is 1.00. The van der Waals surface area contributed by atoms with Crippen LogP contribution in [0.4, 0.5) is 0 Å². The van der Waals surface area contributed by atoms with Crippen molar-refractivity contribution in [3.63, 3.8) is 0 Å². The average molecular weight is 159 g/mol. The summed E-state index contributed by atoms with van der Waals surface area (Å²) >= 11 is 0. The van der Waals surface area contributed by atoms with E-state index in [2.05, 4.69) is 4.90 Å². The van der Waals surface area contributed by atoms with Gasteiger partial charge in [-0.1, -0.05) is 0 Å². The largest absolute Gasteiger partial charge is 0.396 e. The van der Waals surface area contributed by atoms with Crippen molar-refractivity contribution >= 4 is 0 Å². The van der Waals surface area contributed by atoms with Gasteiger partial charge in [0.1, 0.15) is 5.72 Å². The summed E-state index contributed by atoms with van der Waals surface area (Å²) < 4.78 is 5.41. The third-order valence-corrected chi connectivity index (χ3v) is 2.53. The lowest BCUT2D eigenvalue weighted by Crippen LogP contribution is -2.42. The monoisotopic (exact) mass is 159 g/mol. The highest BCUT2D eigenvalue weighted by Crippen LogP contribution is 2.39. The minimum Gasteiger partial charge on any atom is -0.396 e. The van der Waals surface area contributed by atoms with Crippen LogP contribution in [0.2, 0.25) is 0 Å². The van der Waals surface area contributed by atoms with Gasteiger partial charge in [0.2, 0.25) is 0 Å². The van der Waals surface area contributed by atoms with Gasteiger partial charge in [-0.15, -0.1) is 0 Å². The van der Waals surface area contributed by atoms with Crippen molar-refractivity contribution in [2.75, 3.05) is 26.4 Å². The Morgan fingerprint density at radius 1 is 1.55 bits per heavy atom. The van der Waals surface area contributed by atoms with Crippen LogP contribution in [0.3, 0.4) is 0 Å². The lowest BCUT2D eigenvalue weighted by molar-refractivity contribution is -0.112. The number of nitrogens with zero attached hydrogens (tertiary/aromatic N) is 1. The number of ether oxygens (including phenoxy) is 1. The third kappa shape index (κ3) is 0.980. The van der Waals surface area contributed by atoms with E-state index in [9.17, 15) is 0 Å². The van der Waals surface area contributed by atoms with Gasteiger partial charge in [0.15, 0.2) is 0 Å². The summed E-state index contributed by atoms with van der Waals surface area (Å²) in [6.07, 6.45) is 0.514. The number of rotatable bonds is 3. The standard InChI is InChI=1S/C7H13NO3/c9-2-1-7(5-10)8-3-6(8)4-11-7/h6,9-10H,1-5H2. The molecule has 4 nitrogen and oxygen atoms in total. The first-order chi connectivity index (χ1) is 5.32. The first-order valence-corrected chi connectivity index (χ1v) is 3.95. The molecule has 0 aliphatic carbocycles. The van der Waals surface area contributed by atoms with E-state index in [4.69, 9.17) is 14.9 Å². The highest BCUT2D eigenvalue weighted by molar-refractivity contribution is 5.04. The van der Waals surface area contributed by atoms with Gasteiger partial charge in [0, 0.05) is 25.6 Å². The Kier molecular flexibility index (Phi) is 1.64. The summed E-state index contributed by atoms with van der Waals surface area (Å²) in [4.78, 5) is 2.10. The number of hydrogen-bond donors (Lipinski definition) is 2. The molecule has 0 aromatic rings. The van der Waals surface area contributed by atoms with Gasteiger partial charge in [-0.25, -0.2) is 0 Å². The van der Waals surface area contributed by atoms with Crippen molar-refractivity contribution in [3.8, 4) is 0 Å². The second-order valence-corrected chi connectivity index (χ2v) is 3.20. The van der Waals surface area contributed by atoms with E-state index in [0.29, 0.717) is 19.1 Å². The average Bonchev–Trinajstić information content (AvgIpc) is 2.73. The molecule has 2 aliphatic rings. The minimum atomic E-state index is -0.542. The normalized spacial score (nSPS) is 47.5. The third-order valence-electron chi connectivity index (χ3n) is 2.53. The Balaban J connectivity index is 2.04. The van der Waals surface area contributed by atoms with Gasteiger partial charge < -0.3 is 14.9 Å². The first-order valence-electron chi connectivity index (χ1n) is 3.95. The molecule has 2 N–H and O–H groups in total. The van der Waals surface area contributed by atoms with E-state index < -0.39 is 5.72 Å². The molecule has 2 rings (SSSR count). The van der Waals surface area contributed by atoms with E-state index in [1.807, 2.05) is 0 Å². The Morgan fingerprint density at radius 3 is 2.73 bits per heavy atom. The Morgan fingerprint density at radius 2 is 2.36 bits per heavy atom. The molecular formula is C7H13NO3. The molecule has 2 aliphatic heterocycles. The van der Waals surface area contributed by atoms with Crippen molar-refractivity contribution in [2.45, 2.75) is 18.2 Å². The zero-order valence-electron chi connectivity index (χ0n) is 6.36. The van der Waals surface area contributed by atoms with Gasteiger partial charge in [-0.05, 0) is 0 Å². The molecule has 11 heavy (non-hydrogen) atoms. The van der Waals surface area contributed by atoms with Crippen molar-refractivity contribution in [1.29, 1.82) is 0 Å². The SMILES string of the molecule is OCCC1(CO)OCC2CN21. The molecule has 3 atom stereocenters. The van der Waals surface area contributed by atoms with E-state index in [0.717, 1.165) is 6.54 Å².